The summed E-state index contributed by atoms with van der Waals surface area (Å²) < 4.78 is 54.2. The average molecular weight is 1940 g/mol. The zero-order valence-corrected chi connectivity index (χ0v) is 80.9. The monoisotopic (exact) mass is 1940 g/mol. The minimum atomic E-state index is -2.63. The molecule has 14 N–H and O–H groups in total. The third kappa shape index (κ3) is 27.4. The number of carbonyl (C=O) groups is 4. The van der Waals surface area contributed by atoms with Gasteiger partial charge in [-0.25, -0.2) is 37.5 Å². The third-order valence-electron chi connectivity index (χ3n) is 24.2. The molecule has 16 aromatic rings. The lowest BCUT2D eigenvalue weighted by Crippen LogP contribution is -2.38. The molecule has 3 saturated heterocycles. The summed E-state index contributed by atoms with van der Waals surface area (Å²) in [7, 11) is 16.1. The van der Waals surface area contributed by atoms with Crippen molar-refractivity contribution in [3.63, 3.8) is 0 Å². The Morgan fingerprint density at radius 1 is 0.343 bits per heavy atom. The number of amides is 4. The van der Waals surface area contributed by atoms with Gasteiger partial charge in [0.1, 0.15) is 23.3 Å². The number of nitrogens with two attached hydrogens (primary N) is 1. The van der Waals surface area contributed by atoms with Gasteiger partial charge in [0.2, 0.25) is 0 Å². The number of likely N-dealkylation sites (tertiary alicyclic amines) is 2. The zero-order chi connectivity index (χ0) is 100. The molecule has 4 amide bonds. The number of likely N-dealkylation sites (N-methyl/N-ethyl adjacent to an activating group) is 4. The number of benzene rings is 4. The first-order valence-corrected chi connectivity index (χ1v) is 47.1. The van der Waals surface area contributed by atoms with Crippen molar-refractivity contribution in [1.29, 1.82) is 0 Å². The molecule has 3 aliphatic heterocycles. The van der Waals surface area contributed by atoms with Crippen molar-refractivity contribution >= 4 is 125 Å². The second-order valence-corrected chi connectivity index (χ2v) is 36.5. The van der Waals surface area contributed by atoms with Crippen molar-refractivity contribution in [3.8, 4) is 44.5 Å². The fourth-order valence-corrected chi connectivity index (χ4v) is 16.5. The molecule has 12 aromatic heterocycles. The lowest BCUT2D eigenvalue weighted by atomic mass is 10.0. The smallest absolute Gasteiger partial charge is 0.276 e. The summed E-state index contributed by atoms with van der Waals surface area (Å²) in [6, 6.07) is 45.6. The van der Waals surface area contributed by atoms with Crippen LogP contribution >= 0.6 is 0 Å². The summed E-state index contributed by atoms with van der Waals surface area (Å²) in [6.45, 7) is 10.7. The molecule has 15 heterocycles. The normalized spacial score (nSPS) is 14.0. The minimum absolute atomic E-state index is 0.115. The molecule has 740 valence electrons. The van der Waals surface area contributed by atoms with Crippen LogP contribution in [-0.2, 0) is 13.1 Å². The Hall–Kier alpha value is -15.9. The number of nitrogen functional groups attached to an aromatic ring is 1. The number of hydrogen-bond acceptors (Lipinski definition) is 28. The maximum Gasteiger partial charge on any atom is 0.276 e. The molecule has 0 bridgehead atoms. The number of anilines is 10. The number of aromatic nitrogens is 16. The van der Waals surface area contributed by atoms with Crippen molar-refractivity contribution < 1.29 is 36.7 Å². The van der Waals surface area contributed by atoms with Crippen LogP contribution in [0.4, 0.5) is 75.0 Å². The third-order valence-corrected chi connectivity index (χ3v) is 24.2. The van der Waals surface area contributed by atoms with Crippen LogP contribution in [0.2, 0.25) is 0 Å². The van der Waals surface area contributed by atoms with Crippen LogP contribution < -0.4 is 53.2 Å². The van der Waals surface area contributed by atoms with Gasteiger partial charge in [0, 0.05) is 205 Å². The van der Waals surface area contributed by atoms with E-state index < -0.39 is 11.8 Å². The van der Waals surface area contributed by atoms with E-state index in [1.165, 1.54) is 12.8 Å². The molecule has 0 aliphatic carbocycles. The van der Waals surface area contributed by atoms with Gasteiger partial charge in [0.25, 0.3) is 35.5 Å². The lowest BCUT2D eigenvalue weighted by molar-refractivity contribution is -0.0566. The van der Waals surface area contributed by atoms with E-state index in [2.05, 4.69) is 154 Å². The maximum atomic E-state index is 13.6. The molecule has 0 spiro atoms. The van der Waals surface area contributed by atoms with Crippen LogP contribution in [0.3, 0.4) is 0 Å². The zero-order valence-electron chi connectivity index (χ0n) is 80.9. The van der Waals surface area contributed by atoms with Crippen LogP contribution in [-0.4, -0.2) is 294 Å². The number of carbonyl (C=O) groups excluding carboxylic acids is 4. The van der Waals surface area contributed by atoms with Gasteiger partial charge in [-0.2, -0.15) is 20.4 Å². The second kappa shape index (κ2) is 46.5. The van der Waals surface area contributed by atoms with Gasteiger partial charge < -0.3 is 72.8 Å². The number of nitrogens with one attached hydrogen (secondary N) is 12. The Morgan fingerprint density at radius 3 is 0.965 bits per heavy atom. The van der Waals surface area contributed by atoms with E-state index in [0.29, 0.717) is 88.7 Å². The number of aromatic amines is 4. The Labute approximate surface area is 823 Å². The van der Waals surface area contributed by atoms with Gasteiger partial charge in [-0.15, -0.1) is 0 Å². The van der Waals surface area contributed by atoms with Crippen molar-refractivity contribution in [2.24, 2.45) is 0 Å². The molecular weight excluding hydrogens is 1830 g/mol. The molecule has 19 rings (SSSR count). The number of rotatable bonds is 33. The number of pyridine rings is 8. The SMILES string of the molecule is CN(C)CCNc1ccc(NC(=O)c2n[nH]c3ccc(-c4cncc(CN5CCC(F)(F)C5)c4)cc23)cn1.CN(C)CCNc1ccc(NC(=O)c2n[nH]c3ccc(-c4cncc(CN5CCC(F)(F)CC5)c4)cc23)cn1.CN(C)CCNc1ccc(NC(=O)c2n[nH]c3ccc(-c4cncc(N)c4)cc23)cn1.CN(C)CCNc1ccc(NC(=O)c2n[nH]c3ccc(-c4cncc(N5CCCC5)c4)cc23)cn1. The van der Waals surface area contributed by atoms with E-state index in [1.54, 1.807) is 79.0 Å². The van der Waals surface area contributed by atoms with Crippen molar-refractivity contribution in [1.82, 2.24) is 110 Å². The molecular formula is C103H116F4N32O4. The second-order valence-electron chi connectivity index (χ2n) is 36.5. The van der Waals surface area contributed by atoms with E-state index in [-0.39, 0.29) is 60.8 Å². The summed E-state index contributed by atoms with van der Waals surface area (Å²) in [4.78, 5) is 101. The molecule has 0 saturated carbocycles. The van der Waals surface area contributed by atoms with Crippen LogP contribution in [0.5, 0.6) is 0 Å². The minimum Gasteiger partial charge on any atom is -0.397 e. The Kier molecular flexibility index (Phi) is 32.5. The first-order valence-electron chi connectivity index (χ1n) is 47.1. The molecule has 143 heavy (non-hydrogen) atoms. The van der Waals surface area contributed by atoms with Crippen molar-refractivity contribution in [3.05, 3.63) is 254 Å². The number of alkyl halides is 4. The van der Waals surface area contributed by atoms with E-state index in [4.69, 9.17) is 5.73 Å². The standard InChI is InChI=1S/C28H32F2N8O.C27H30F2N8O.C26H30N8O.C22H24N8O/c1-37(2)12-9-32-25-6-4-22(17-33-25)34-27(39)26-23-14-20(3-5-24(23)35-36-26)21-13-19(15-31-16-21)18-38-10-7-28(29,30)8-11-38;1-36(2)10-8-31-24-6-4-21(15-32-24)33-26(38)25-22-12-19(3-5-23(22)34-35-25)20-11-18(13-30-14-20)16-37-9-7-27(28,29)17-37;1-33(2)12-9-28-24-8-6-20(16-29-24)30-26(35)25-22-14-18(5-7-23(22)31-32-25)19-13-21(17-27-15-19)34-10-3-4-11-34;1-30(2)8-7-25-20-6-4-17(13-26-20)27-22(31)21-18-10-14(3-5-19(18)28-29-21)15-9-16(23)12-24-11-15/h3-6,13-17H,7-12,18H2,1-2H3,(H,32,33)(H,34,39)(H,35,36);3-6,11-15H,7-10,16-17H2,1-2H3,(H,31,32)(H,33,38)(H,34,35);5-8,13-17H,3-4,9-12H2,1-2H3,(H,28,29)(H,30,35)(H,31,32);3-6,9-13H,7-8,23H2,1-2H3,(H,25,26)(H,27,31)(H,28,29). The van der Waals surface area contributed by atoms with Crippen LogP contribution in [0.15, 0.2) is 220 Å². The summed E-state index contributed by atoms with van der Waals surface area (Å²) in [5, 5.41) is 56.0. The van der Waals surface area contributed by atoms with Gasteiger partial charge in [0.15, 0.2) is 22.8 Å². The number of piperidine rings is 1. The summed E-state index contributed by atoms with van der Waals surface area (Å²) in [5.74, 6) is -3.51. The maximum absolute atomic E-state index is 13.6. The van der Waals surface area contributed by atoms with Crippen LogP contribution in [0, 0.1) is 0 Å². The molecule has 4 aromatic carbocycles. The predicted octanol–water partition coefficient (Wildman–Crippen LogP) is 15.2. The molecule has 0 atom stereocenters. The largest absolute Gasteiger partial charge is 0.397 e. The number of H-pyrrole nitrogens is 4. The van der Waals surface area contributed by atoms with E-state index in [0.717, 1.165) is 177 Å². The molecule has 0 radical (unpaired) electrons. The fraction of sp³-hybridized carbons (Fsp3) is 0.301. The number of fused-ring (bicyclic) bond motifs is 4. The summed E-state index contributed by atoms with van der Waals surface area (Å²) in [6.07, 6.45) is 22.6. The molecule has 3 fully saturated rings. The Morgan fingerprint density at radius 2 is 0.650 bits per heavy atom. The number of nitrogens with zero attached hydrogens (tertiary/aromatic N) is 19. The molecule has 40 heteroatoms. The molecule has 36 nitrogen and oxygen atoms in total. The highest BCUT2D eigenvalue weighted by atomic mass is 19.3. The quantitative estimate of drug-likeness (QED) is 0.0170. The Balaban J connectivity index is 0.000000137. The number of halogens is 4. The summed E-state index contributed by atoms with van der Waals surface area (Å²) >= 11 is 0. The predicted molar refractivity (Wildman–Crippen MR) is 554 cm³/mol. The van der Waals surface area contributed by atoms with E-state index in [9.17, 15) is 36.7 Å². The Bertz CT molecular complexity index is 7020. The lowest BCUT2D eigenvalue weighted by Gasteiger charge is -2.31. The molecule has 3 aliphatic rings. The van der Waals surface area contributed by atoms with E-state index in [1.807, 2.05) is 201 Å². The van der Waals surface area contributed by atoms with Gasteiger partial charge in [-0.1, -0.05) is 24.3 Å². The van der Waals surface area contributed by atoms with Gasteiger partial charge in [-0.05, 0) is 224 Å². The van der Waals surface area contributed by atoms with Gasteiger partial charge in [0.05, 0.1) is 93.7 Å². The van der Waals surface area contributed by atoms with E-state index >= 15 is 0 Å². The highest BCUT2D eigenvalue weighted by Gasteiger charge is 2.38. The summed E-state index contributed by atoms with van der Waals surface area (Å²) in [5.41, 5.74) is 23.2. The first kappa shape index (κ1) is 100. The van der Waals surface area contributed by atoms with Crippen LogP contribution in [0.1, 0.15) is 85.2 Å². The first-order chi connectivity index (χ1) is 69.1. The topological polar surface area (TPSA) is 431 Å². The van der Waals surface area contributed by atoms with Crippen molar-refractivity contribution in [2.45, 2.75) is 57.0 Å². The average Bonchev–Trinajstić information content (AvgIpc) is 1.67. The fourth-order valence-electron chi connectivity index (χ4n) is 16.5. The highest BCUT2D eigenvalue weighted by molar-refractivity contribution is 6.15. The molecule has 0 unspecified atom stereocenters. The number of hydrogen-bond donors (Lipinski definition) is 13. The van der Waals surface area contributed by atoms with Crippen LogP contribution in [0.25, 0.3) is 88.1 Å². The highest BCUT2D eigenvalue weighted by Crippen LogP contribution is 2.36. The van der Waals surface area contributed by atoms with Crippen molar-refractivity contribution in [2.75, 3.05) is 201 Å². The van der Waals surface area contributed by atoms with Gasteiger partial charge >= 0.3 is 0 Å². The van der Waals surface area contributed by atoms with Gasteiger partial charge in [-0.3, -0.25) is 69.3 Å².